The van der Waals surface area contributed by atoms with Gasteiger partial charge in [-0.1, -0.05) is 26.0 Å². The quantitative estimate of drug-likeness (QED) is 0.656. The van der Waals surface area contributed by atoms with Crippen LogP contribution in [-0.4, -0.2) is 53.6 Å². The third-order valence-electron chi connectivity index (χ3n) is 4.32. The van der Waals surface area contributed by atoms with E-state index in [1.165, 1.54) is 4.90 Å². The number of carbonyl (C=O) groups excluding carboxylic acids is 3. The molecule has 0 saturated heterocycles. The van der Waals surface area contributed by atoms with E-state index in [1.54, 1.807) is 24.3 Å². The summed E-state index contributed by atoms with van der Waals surface area (Å²) in [6, 6.07) is 6.85. The van der Waals surface area contributed by atoms with E-state index in [0.29, 0.717) is 36.9 Å². The predicted octanol–water partition coefficient (Wildman–Crippen LogP) is 2.36. The number of imide groups is 1. The molecule has 1 aromatic carbocycles. The molecule has 124 valence electrons. The molecule has 1 aliphatic rings. The summed E-state index contributed by atoms with van der Waals surface area (Å²) in [6.45, 7) is 7.13. The molecule has 0 saturated carbocycles. The van der Waals surface area contributed by atoms with E-state index in [1.807, 2.05) is 0 Å². The number of amides is 2. The van der Waals surface area contributed by atoms with E-state index >= 15 is 0 Å². The van der Waals surface area contributed by atoms with Crippen LogP contribution in [0.25, 0.3) is 0 Å². The minimum absolute atomic E-state index is 0.188. The number of ketones is 1. The molecule has 0 fully saturated rings. The number of fused-ring (bicyclic) bond motifs is 1. The van der Waals surface area contributed by atoms with Gasteiger partial charge in [0.15, 0.2) is 0 Å². The van der Waals surface area contributed by atoms with Crippen LogP contribution in [0, 0.1) is 0 Å². The third kappa shape index (κ3) is 4.05. The summed E-state index contributed by atoms with van der Waals surface area (Å²) >= 11 is 0. The van der Waals surface area contributed by atoms with Crippen LogP contribution in [0.1, 0.15) is 53.8 Å². The van der Waals surface area contributed by atoms with Crippen molar-refractivity contribution in [3.8, 4) is 0 Å². The zero-order valence-corrected chi connectivity index (χ0v) is 13.9. The number of hydrogen-bond donors (Lipinski definition) is 0. The van der Waals surface area contributed by atoms with Crippen LogP contribution in [0.4, 0.5) is 0 Å². The summed E-state index contributed by atoms with van der Waals surface area (Å²) in [5.41, 5.74) is 0.927. The minimum Gasteiger partial charge on any atom is -0.303 e. The Balaban J connectivity index is 1.78. The second kappa shape index (κ2) is 8.02. The lowest BCUT2D eigenvalue weighted by Crippen LogP contribution is -2.31. The molecular weight excluding hydrogens is 292 g/mol. The molecule has 5 heteroatoms. The Morgan fingerprint density at radius 3 is 2.09 bits per heavy atom. The molecule has 0 aliphatic carbocycles. The molecule has 0 bridgehead atoms. The van der Waals surface area contributed by atoms with Gasteiger partial charge in [0.2, 0.25) is 0 Å². The van der Waals surface area contributed by atoms with Gasteiger partial charge in [-0.15, -0.1) is 0 Å². The largest absolute Gasteiger partial charge is 0.303 e. The van der Waals surface area contributed by atoms with Crippen molar-refractivity contribution < 1.29 is 14.4 Å². The Morgan fingerprint density at radius 1 is 1.00 bits per heavy atom. The standard InChI is InChI=1S/C18H24N2O3/c1-3-19(4-2)13-11-14(21)8-7-12-20-17(22)15-9-5-6-10-16(15)18(20)23/h5-6,9-10H,3-4,7-8,11-13H2,1-2H3. The molecular formula is C18H24N2O3. The van der Waals surface area contributed by atoms with E-state index in [0.717, 1.165) is 19.6 Å². The summed E-state index contributed by atoms with van der Waals surface area (Å²) in [4.78, 5) is 39.8. The van der Waals surface area contributed by atoms with Crippen LogP contribution in [0.5, 0.6) is 0 Å². The highest BCUT2D eigenvalue weighted by atomic mass is 16.2. The van der Waals surface area contributed by atoms with Crippen molar-refractivity contribution in [2.45, 2.75) is 33.1 Å². The van der Waals surface area contributed by atoms with E-state index in [9.17, 15) is 14.4 Å². The number of carbonyl (C=O) groups is 3. The maximum absolute atomic E-state index is 12.2. The van der Waals surface area contributed by atoms with Gasteiger partial charge >= 0.3 is 0 Å². The van der Waals surface area contributed by atoms with Crippen LogP contribution in [0.2, 0.25) is 0 Å². The van der Waals surface area contributed by atoms with Gasteiger partial charge in [0.05, 0.1) is 11.1 Å². The molecule has 1 aromatic rings. The first-order valence-corrected chi connectivity index (χ1v) is 8.27. The number of benzene rings is 1. The van der Waals surface area contributed by atoms with Crippen LogP contribution < -0.4 is 0 Å². The van der Waals surface area contributed by atoms with Gasteiger partial charge in [0.25, 0.3) is 11.8 Å². The van der Waals surface area contributed by atoms with E-state index < -0.39 is 0 Å². The second-order valence-corrected chi connectivity index (χ2v) is 5.73. The highest BCUT2D eigenvalue weighted by Crippen LogP contribution is 2.22. The Kier molecular flexibility index (Phi) is 6.04. The average Bonchev–Trinajstić information content (AvgIpc) is 2.81. The van der Waals surface area contributed by atoms with Gasteiger partial charge in [0.1, 0.15) is 5.78 Å². The Labute approximate surface area is 137 Å². The lowest BCUT2D eigenvalue weighted by Gasteiger charge is -2.17. The summed E-state index contributed by atoms with van der Waals surface area (Å²) in [7, 11) is 0. The van der Waals surface area contributed by atoms with E-state index in [2.05, 4.69) is 18.7 Å². The first kappa shape index (κ1) is 17.3. The Morgan fingerprint density at radius 2 is 1.57 bits per heavy atom. The molecule has 5 nitrogen and oxygen atoms in total. The fourth-order valence-corrected chi connectivity index (χ4v) is 2.82. The molecule has 23 heavy (non-hydrogen) atoms. The Hall–Kier alpha value is -2.01. The van der Waals surface area contributed by atoms with Crippen LogP contribution in [0.3, 0.4) is 0 Å². The summed E-state index contributed by atoms with van der Waals surface area (Å²) in [5, 5.41) is 0. The van der Waals surface area contributed by atoms with Crippen molar-refractivity contribution in [2.75, 3.05) is 26.2 Å². The molecule has 0 atom stereocenters. The predicted molar refractivity (Wildman–Crippen MR) is 88.5 cm³/mol. The maximum Gasteiger partial charge on any atom is 0.261 e. The molecule has 0 N–H and O–H groups in total. The lowest BCUT2D eigenvalue weighted by atomic mass is 10.1. The summed E-state index contributed by atoms with van der Waals surface area (Å²) < 4.78 is 0. The number of Topliss-reactive ketones (excluding diaryl/α,β-unsaturated/α-hetero) is 1. The topological polar surface area (TPSA) is 57.7 Å². The van der Waals surface area contributed by atoms with Crippen molar-refractivity contribution in [1.29, 1.82) is 0 Å². The van der Waals surface area contributed by atoms with Crippen molar-refractivity contribution in [1.82, 2.24) is 9.80 Å². The van der Waals surface area contributed by atoms with Gasteiger partial charge in [0, 0.05) is 25.9 Å². The monoisotopic (exact) mass is 316 g/mol. The smallest absolute Gasteiger partial charge is 0.261 e. The SMILES string of the molecule is CCN(CC)CCC(=O)CCCN1C(=O)c2ccccc2C1=O. The minimum atomic E-state index is -0.249. The van der Waals surface area contributed by atoms with Gasteiger partial charge in [-0.3, -0.25) is 19.3 Å². The van der Waals surface area contributed by atoms with Crippen molar-refractivity contribution >= 4 is 17.6 Å². The average molecular weight is 316 g/mol. The van der Waals surface area contributed by atoms with Gasteiger partial charge in [-0.25, -0.2) is 0 Å². The molecule has 0 radical (unpaired) electrons. The maximum atomic E-state index is 12.2. The fourth-order valence-electron chi connectivity index (χ4n) is 2.82. The number of nitrogens with zero attached hydrogens (tertiary/aromatic N) is 2. The van der Waals surface area contributed by atoms with E-state index in [-0.39, 0.29) is 17.6 Å². The first-order valence-electron chi connectivity index (χ1n) is 8.27. The molecule has 0 aromatic heterocycles. The van der Waals surface area contributed by atoms with Gasteiger partial charge < -0.3 is 4.90 Å². The molecule has 1 heterocycles. The van der Waals surface area contributed by atoms with E-state index in [4.69, 9.17) is 0 Å². The summed E-state index contributed by atoms with van der Waals surface area (Å²) in [6.07, 6.45) is 1.47. The zero-order valence-electron chi connectivity index (χ0n) is 13.9. The summed E-state index contributed by atoms with van der Waals surface area (Å²) in [5.74, 6) is -0.309. The van der Waals surface area contributed by atoms with Crippen molar-refractivity contribution in [3.63, 3.8) is 0 Å². The zero-order chi connectivity index (χ0) is 16.8. The molecule has 0 unspecified atom stereocenters. The van der Waals surface area contributed by atoms with Crippen LogP contribution in [-0.2, 0) is 4.79 Å². The highest BCUT2D eigenvalue weighted by molar-refractivity contribution is 6.21. The molecule has 2 amide bonds. The van der Waals surface area contributed by atoms with Crippen molar-refractivity contribution in [2.24, 2.45) is 0 Å². The Bertz CT molecular complexity index is 559. The van der Waals surface area contributed by atoms with Crippen molar-refractivity contribution in [3.05, 3.63) is 35.4 Å². The number of hydrogen-bond acceptors (Lipinski definition) is 4. The molecule has 1 aliphatic heterocycles. The highest BCUT2D eigenvalue weighted by Gasteiger charge is 2.34. The van der Waals surface area contributed by atoms with Gasteiger partial charge in [-0.2, -0.15) is 0 Å². The second-order valence-electron chi connectivity index (χ2n) is 5.73. The molecule has 2 rings (SSSR count). The third-order valence-corrected chi connectivity index (χ3v) is 4.32. The first-order chi connectivity index (χ1) is 11.1. The fraction of sp³-hybridized carbons (Fsp3) is 0.500. The molecule has 0 spiro atoms. The van der Waals surface area contributed by atoms with Crippen LogP contribution >= 0.6 is 0 Å². The lowest BCUT2D eigenvalue weighted by molar-refractivity contribution is -0.119. The van der Waals surface area contributed by atoms with Gasteiger partial charge in [-0.05, 0) is 31.6 Å². The number of rotatable bonds is 9. The normalized spacial score (nSPS) is 13.8. The van der Waals surface area contributed by atoms with Crippen LogP contribution in [0.15, 0.2) is 24.3 Å².